The van der Waals surface area contributed by atoms with Gasteiger partial charge in [-0.15, -0.1) is 23.1 Å². The van der Waals surface area contributed by atoms with Gasteiger partial charge in [0, 0.05) is 33.4 Å². The number of anilines is 1. The molecule has 30 heavy (non-hydrogen) atoms. The summed E-state index contributed by atoms with van der Waals surface area (Å²) in [4.78, 5) is 19.2. The summed E-state index contributed by atoms with van der Waals surface area (Å²) in [5.41, 5.74) is 3.30. The highest BCUT2D eigenvalue weighted by atomic mass is 32.2. The second-order valence-electron chi connectivity index (χ2n) is 6.53. The quantitative estimate of drug-likeness (QED) is 0.411. The van der Waals surface area contributed by atoms with E-state index in [1.807, 2.05) is 64.7 Å². The molecule has 0 atom stereocenters. The second kappa shape index (κ2) is 8.81. The van der Waals surface area contributed by atoms with Crippen molar-refractivity contribution in [1.29, 1.82) is 0 Å². The molecule has 0 radical (unpaired) electrons. The number of benzene rings is 2. The molecule has 0 bridgehead atoms. The molecule has 1 N–H and O–H groups in total. The molecule has 4 aromatic rings. The molecule has 4 rings (SSSR count). The number of thiazole rings is 1. The fourth-order valence-corrected chi connectivity index (χ4v) is 4.50. The lowest BCUT2D eigenvalue weighted by atomic mass is 10.1. The Bertz CT molecular complexity index is 1200. The van der Waals surface area contributed by atoms with Crippen LogP contribution in [-0.4, -0.2) is 35.8 Å². The van der Waals surface area contributed by atoms with Crippen LogP contribution < -0.4 is 14.8 Å². The van der Waals surface area contributed by atoms with E-state index in [2.05, 4.69) is 5.32 Å². The van der Waals surface area contributed by atoms with Crippen molar-refractivity contribution >= 4 is 39.7 Å². The first-order chi connectivity index (χ1) is 14.6. The maximum atomic E-state index is 12.6. The molecule has 0 saturated carbocycles. The molecule has 2 aromatic carbocycles. The van der Waals surface area contributed by atoms with Crippen LogP contribution in [0.2, 0.25) is 0 Å². The predicted molar refractivity (Wildman–Crippen MR) is 122 cm³/mol. The molecule has 1 amide bonds. The van der Waals surface area contributed by atoms with Gasteiger partial charge in [0.2, 0.25) is 5.91 Å². The molecule has 6 nitrogen and oxygen atoms in total. The van der Waals surface area contributed by atoms with E-state index in [4.69, 9.17) is 14.5 Å². The largest absolute Gasteiger partial charge is 0.497 e. The van der Waals surface area contributed by atoms with Crippen LogP contribution in [0, 0.1) is 0 Å². The van der Waals surface area contributed by atoms with Gasteiger partial charge in [-0.2, -0.15) is 0 Å². The van der Waals surface area contributed by atoms with Gasteiger partial charge in [-0.3, -0.25) is 9.20 Å². The van der Waals surface area contributed by atoms with Crippen LogP contribution in [0.4, 0.5) is 5.69 Å². The summed E-state index contributed by atoms with van der Waals surface area (Å²) in [6.07, 6.45) is 4.20. The first kappa shape index (κ1) is 20.3. The Kier molecular flexibility index (Phi) is 5.96. The van der Waals surface area contributed by atoms with Crippen molar-refractivity contribution < 1.29 is 14.3 Å². The highest BCUT2D eigenvalue weighted by Crippen LogP contribution is 2.34. The van der Waals surface area contributed by atoms with Gasteiger partial charge >= 0.3 is 0 Å². The molecule has 154 valence electrons. The zero-order valence-electron chi connectivity index (χ0n) is 16.8. The molecule has 8 heteroatoms. The monoisotopic (exact) mass is 439 g/mol. The van der Waals surface area contributed by atoms with Crippen LogP contribution in [0.15, 0.2) is 58.9 Å². The number of carbonyl (C=O) groups is 1. The number of imidazole rings is 1. The van der Waals surface area contributed by atoms with Crippen molar-refractivity contribution in [3.8, 4) is 22.8 Å². The zero-order chi connectivity index (χ0) is 21.1. The number of amides is 1. The standard InChI is InChI=1S/C22H21N3O3S2/c1-27-16-7-8-20(28-2)18(11-16)19-12-25-15(13-30-22(25)24-19)10-21(26)23-14-5-4-6-17(9-14)29-3/h4-9,11-13H,10H2,1-3H3,(H,23,26). The van der Waals surface area contributed by atoms with E-state index in [9.17, 15) is 4.79 Å². The molecule has 0 spiro atoms. The number of hydrogen-bond donors (Lipinski definition) is 1. The van der Waals surface area contributed by atoms with Crippen molar-refractivity contribution in [2.75, 3.05) is 25.8 Å². The molecule has 0 fully saturated rings. The third kappa shape index (κ3) is 4.15. The van der Waals surface area contributed by atoms with Crippen LogP contribution in [0.1, 0.15) is 5.69 Å². The molecule has 0 saturated heterocycles. The van der Waals surface area contributed by atoms with Crippen molar-refractivity contribution in [1.82, 2.24) is 9.38 Å². The van der Waals surface area contributed by atoms with E-state index in [0.717, 1.165) is 44.0 Å². The number of carbonyl (C=O) groups excluding carboxylic acids is 1. The zero-order valence-corrected chi connectivity index (χ0v) is 18.5. The van der Waals surface area contributed by atoms with E-state index in [0.29, 0.717) is 0 Å². The highest BCUT2D eigenvalue weighted by molar-refractivity contribution is 7.98. The van der Waals surface area contributed by atoms with Gasteiger partial charge in [0.1, 0.15) is 11.5 Å². The third-order valence-corrected chi connectivity index (χ3v) is 6.28. The van der Waals surface area contributed by atoms with Crippen LogP contribution in [0.5, 0.6) is 11.5 Å². The van der Waals surface area contributed by atoms with Gasteiger partial charge in [0.25, 0.3) is 0 Å². The Morgan fingerprint density at radius 1 is 1.20 bits per heavy atom. The number of methoxy groups -OCH3 is 2. The van der Waals surface area contributed by atoms with Gasteiger partial charge in [0.15, 0.2) is 4.96 Å². The van der Waals surface area contributed by atoms with E-state index in [-0.39, 0.29) is 12.3 Å². The average Bonchev–Trinajstić information content (AvgIpc) is 3.35. The third-order valence-electron chi connectivity index (χ3n) is 4.66. The molecule has 0 aliphatic carbocycles. The molecule has 0 unspecified atom stereocenters. The summed E-state index contributed by atoms with van der Waals surface area (Å²) in [7, 11) is 3.26. The van der Waals surface area contributed by atoms with Crippen molar-refractivity contribution in [3.05, 3.63) is 59.7 Å². The van der Waals surface area contributed by atoms with Crippen LogP contribution >= 0.6 is 23.1 Å². The highest BCUT2D eigenvalue weighted by Gasteiger charge is 2.16. The summed E-state index contributed by atoms with van der Waals surface area (Å²) < 4.78 is 12.8. The smallest absolute Gasteiger partial charge is 0.230 e. The first-order valence-corrected chi connectivity index (χ1v) is 11.3. The Morgan fingerprint density at radius 3 is 2.83 bits per heavy atom. The van der Waals surface area contributed by atoms with E-state index in [1.54, 1.807) is 26.0 Å². The summed E-state index contributed by atoms with van der Waals surface area (Å²) in [6.45, 7) is 0. The van der Waals surface area contributed by atoms with Crippen molar-refractivity contribution in [3.63, 3.8) is 0 Å². The Labute approximate surface area is 182 Å². The van der Waals surface area contributed by atoms with Gasteiger partial charge in [-0.1, -0.05) is 6.07 Å². The summed E-state index contributed by atoms with van der Waals surface area (Å²) in [5, 5.41) is 4.94. The lowest BCUT2D eigenvalue weighted by Gasteiger charge is -2.08. The van der Waals surface area contributed by atoms with Gasteiger partial charge in [-0.25, -0.2) is 4.98 Å². The van der Waals surface area contributed by atoms with E-state index >= 15 is 0 Å². The number of hydrogen-bond acceptors (Lipinski definition) is 6. The Hall–Kier alpha value is -2.97. The van der Waals surface area contributed by atoms with E-state index in [1.165, 1.54) is 11.3 Å². The molecule has 2 heterocycles. The second-order valence-corrected chi connectivity index (χ2v) is 8.25. The van der Waals surface area contributed by atoms with Gasteiger partial charge in [0.05, 0.1) is 26.3 Å². The topological polar surface area (TPSA) is 64.9 Å². The number of nitrogens with zero attached hydrogens (tertiary/aromatic N) is 2. The van der Waals surface area contributed by atoms with Gasteiger partial charge in [-0.05, 0) is 42.7 Å². The summed E-state index contributed by atoms with van der Waals surface area (Å²) in [5.74, 6) is 1.38. The van der Waals surface area contributed by atoms with E-state index < -0.39 is 0 Å². The van der Waals surface area contributed by atoms with Crippen LogP contribution in [-0.2, 0) is 11.2 Å². The Morgan fingerprint density at radius 2 is 2.07 bits per heavy atom. The summed E-state index contributed by atoms with van der Waals surface area (Å²) in [6, 6.07) is 13.4. The normalized spacial score (nSPS) is 10.9. The Balaban J connectivity index is 1.58. The lowest BCUT2D eigenvalue weighted by molar-refractivity contribution is -0.115. The first-order valence-electron chi connectivity index (χ1n) is 9.23. The fraction of sp³-hybridized carbons (Fsp3) is 0.182. The lowest BCUT2D eigenvalue weighted by Crippen LogP contribution is -2.15. The average molecular weight is 440 g/mol. The number of rotatable bonds is 7. The van der Waals surface area contributed by atoms with Crippen molar-refractivity contribution in [2.45, 2.75) is 11.3 Å². The number of aromatic nitrogens is 2. The molecule has 0 aliphatic heterocycles. The van der Waals surface area contributed by atoms with Gasteiger partial charge < -0.3 is 14.8 Å². The number of nitrogens with one attached hydrogen (secondary N) is 1. The maximum Gasteiger partial charge on any atom is 0.230 e. The maximum absolute atomic E-state index is 12.6. The van der Waals surface area contributed by atoms with Crippen molar-refractivity contribution in [2.24, 2.45) is 0 Å². The predicted octanol–water partition coefficient (Wildman–Crippen LogP) is 4.98. The fourth-order valence-electron chi connectivity index (χ4n) is 3.17. The minimum Gasteiger partial charge on any atom is -0.497 e. The molecule has 2 aromatic heterocycles. The number of thioether (sulfide) groups is 1. The minimum absolute atomic E-state index is 0.0674. The number of ether oxygens (including phenoxy) is 2. The molecular formula is C22H21N3O3S2. The SMILES string of the molecule is COc1ccc(OC)c(-c2cn3c(CC(=O)Nc4cccc(SC)c4)csc3n2)c1. The summed E-state index contributed by atoms with van der Waals surface area (Å²) >= 11 is 3.15. The number of fused-ring (bicyclic) bond motifs is 1. The van der Waals surface area contributed by atoms with Crippen LogP contribution in [0.25, 0.3) is 16.2 Å². The minimum atomic E-state index is -0.0674. The molecular weight excluding hydrogens is 418 g/mol. The molecule has 0 aliphatic rings. The van der Waals surface area contributed by atoms with Crippen LogP contribution in [0.3, 0.4) is 0 Å².